The number of hydrogen-bond acceptors (Lipinski definition) is 2. The van der Waals surface area contributed by atoms with Gasteiger partial charge in [0.15, 0.2) is 0 Å². The normalized spacial score (nSPS) is 11.2. The lowest BCUT2D eigenvalue weighted by Gasteiger charge is -2.06. The molecule has 0 atom stereocenters. The van der Waals surface area contributed by atoms with Gasteiger partial charge < -0.3 is 4.57 Å². The van der Waals surface area contributed by atoms with E-state index in [4.69, 9.17) is 0 Å². The van der Waals surface area contributed by atoms with E-state index in [2.05, 4.69) is 56.0 Å². The van der Waals surface area contributed by atoms with E-state index >= 15 is 0 Å². The molecule has 0 N–H and O–H groups in total. The fourth-order valence-corrected chi connectivity index (χ4v) is 3.02. The summed E-state index contributed by atoms with van der Waals surface area (Å²) < 4.78 is 3.20. The molecule has 2 aromatic carbocycles. The Bertz CT molecular complexity index is 791. The molecule has 22 heavy (non-hydrogen) atoms. The lowest BCUT2D eigenvalue weighted by Crippen LogP contribution is -1.97. The standard InChI is InChI=1S/C18H15BrN2S/c1-22-18-7-3-2-6-17(18)20-13-16-5-4-12-21(16)15-10-8-14(19)9-11-15/h2-13H,1H3. The Hall–Kier alpha value is -1.78. The topological polar surface area (TPSA) is 17.3 Å². The van der Waals surface area contributed by atoms with Crippen LogP contribution in [0.1, 0.15) is 5.69 Å². The summed E-state index contributed by atoms with van der Waals surface area (Å²) in [5, 5.41) is 0. The third kappa shape index (κ3) is 3.34. The smallest absolute Gasteiger partial charge is 0.0766 e. The summed E-state index contributed by atoms with van der Waals surface area (Å²) in [4.78, 5) is 5.83. The Morgan fingerprint density at radius 1 is 1.00 bits per heavy atom. The highest BCUT2D eigenvalue weighted by atomic mass is 79.9. The van der Waals surface area contributed by atoms with Crippen LogP contribution in [0.3, 0.4) is 0 Å². The van der Waals surface area contributed by atoms with Crippen LogP contribution < -0.4 is 0 Å². The molecule has 0 saturated heterocycles. The minimum absolute atomic E-state index is 0.999. The van der Waals surface area contributed by atoms with Crippen LogP contribution in [0.25, 0.3) is 5.69 Å². The quantitative estimate of drug-likeness (QED) is 0.424. The highest BCUT2D eigenvalue weighted by molar-refractivity contribution is 9.10. The first-order valence-electron chi connectivity index (χ1n) is 6.88. The van der Waals surface area contributed by atoms with E-state index in [0.717, 1.165) is 21.5 Å². The van der Waals surface area contributed by atoms with Gasteiger partial charge in [-0.2, -0.15) is 0 Å². The molecule has 0 saturated carbocycles. The first kappa shape index (κ1) is 15.1. The Morgan fingerprint density at radius 2 is 1.77 bits per heavy atom. The summed E-state index contributed by atoms with van der Waals surface area (Å²) >= 11 is 5.18. The van der Waals surface area contributed by atoms with Gasteiger partial charge in [-0.25, -0.2) is 0 Å². The first-order valence-corrected chi connectivity index (χ1v) is 8.90. The molecule has 0 bridgehead atoms. The van der Waals surface area contributed by atoms with Crippen molar-refractivity contribution >= 4 is 39.6 Å². The zero-order valence-electron chi connectivity index (χ0n) is 12.1. The molecule has 0 amide bonds. The van der Waals surface area contributed by atoms with Crippen LogP contribution in [0.5, 0.6) is 0 Å². The molecule has 1 heterocycles. The SMILES string of the molecule is CSc1ccccc1N=Cc1cccn1-c1ccc(Br)cc1. The molecule has 4 heteroatoms. The van der Waals surface area contributed by atoms with Crippen LogP contribution in [0, 0.1) is 0 Å². The zero-order valence-corrected chi connectivity index (χ0v) is 14.5. The Labute approximate surface area is 143 Å². The summed E-state index contributed by atoms with van der Waals surface area (Å²) in [7, 11) is 0. The van der Waals surface area contributed by atoms with Crippen molar-refractivity contribution in [2.75, 3.05) is 6.26 Å². The van der Waals surface area contributed by atoms with Gasteiger partial charge >= 0.3 is 0 Å². The molecule has 0 aliphatic rings. The number of para-hydroxylation sites is 1. The molecule has 1 aromatic heterocycles. The highest BCUT2D eigenvalue weighted by Crippen LogP contribution is 2.27. The van der Waals surface area contributed by atoms with Crippen molar-refractivity contribution in [2.45, 2.75) is 4.90 Å². The molecule has 2 nitrogen and oxygen atoms in total. The van der Waals surface area contributed by atoms with Crippen LogP contribution >= 0.6 is 27.7 Å². The second-order valence-electron chi connectivity index (χ2n) is 4.71. The molecule has 3 rings (SSSR count). The summed E-state index contributed by atoms with van der Waals surface area (Å²) in [6, 6.07) is 20.5. The van der Waals surface area contributed by atoms with E-state index in [0.29, 0.717) is 0 Å². The lowest BCUT2D eigenvalue weighted by molar-refractivity contribution is 1.07. The van der Waals surface area contributed by atoms with Gasteiger partial charge in [0.05, 0.1) is 17.6 Å². The van der Waals surface area contributed by atoms with Gasteiger partial charge in [0.1, 0.15) is 0 Å². The average molecular weight is 371 g/mol. The molecular formula is C18H15BrN2S. The van der Waals surface area contributed by atoms with Gasteiger partial charge in [-0.05, 0) is 54.8 Å². The second kappa shape index (κ2) is 6.99. The third-order valence-corrected chi connectivity index (χ3v) is 4.62. The monoisotopic (exact) mass is 370 g/mol. The van der Waals surface area contributed by atoms with E-state index in [1.807, 2.05) is 48.8 Å². The van der Waals surface area contributed by atoms with Gasteiger partial charge in [0, 0.05) is 21.3 Å². The van der Waals surface area contributed by atoms with Crippen molar-refractivity contribution in [3.8, 4) is 5.69 Å². The fraction of sp³-hybridized carbons (Fsp3) is 0.0556. The van der Waals surface area contributed by atoms with E-state index in [9.17, 15) is 0 Å². The summed E-state index contributed by atoms with van der Waals surface area (Å²) in [5.41, 5.74) is 3.17. The predicted molar refractivity (Wildman–Crippen MR) is 98.9 cm³/mol. The Kier molecular flexibility index (Phi) is 4.80. The van der Waals surface area contributed by atoms with Crippen molar-refractivity contribution in [3.05, 3.63) is 77.0 Å². The number of nitrogens with zero attached hydrogens (tertiary/aromatic N) is 2. The molecule has 0 unspecified atom stereocenters. The molecule has 110 valence electrons. The largest absolute Gasteiger partial charge is 0.316 e. The maximum absolute atomic E-state index is 4.65. The van der Waals surface area contributed by atoms with Gasteiger partial charge in [-0.15, -0.1) is 11.8 Å². The minimum Gasteiger partial charge on any atom is -0.316 e. The molecular weight excluding hydrogens is 356 g/mol. The number of benzene rings is 2. The van der Waals surface area contributed by atoms with E-state index in [1.54, 1.807) is 11.8 Å². The number of aliphatic imine (C=N–C) groups is 1. The lowest BCUT2D eigenvalue weighted by atomic mass is 10.3. The van der Waals surface area contributed by atoms with Crippen molar-refractivity contribution in [3.63, 3.8) is 0 Å². The Balaban J connectivity index is 1.92. The molecule has 0 aliphatic carbocycles. The highest BCUT2D eigenvalue weighted by Gasteiger charge is 2.02. The number of halogens is 1. The van der Waals surface area contributed by atoms with Crippen LogP contribution in [0.4, 0.5) is 5.69 Å². The van der Waals surface area contributed by atoms with Gasteiger partial charge in [0.25, 0.3) is 0 Å². The Morgan fingerprint density at radius 3 is 2.55 bits per heavy atom. The molecule has 0 fully saturated rings. The maximum atomic E-state index is 4.65. The molecule has 0 aliphatic heterocycles. The van der Waals surface area contributed by atoms with Gasteiger partial charge in [-0.1, -0.05) is 28.1 Å². The van der Waals surface area contributed by atoms with E-state index in [1.165, 1.54) is 4.90 Å². The summed E-state index contributed by atoms with van der Waals surface area (Å²) in [6.07, 6.45) is 6.03. The molecule has 0 radical (unpaired) electrons. The number of aromatic nitrogens is 1. The number of rotatable bonds is 4. The molecule has 0 spiro atoms. The maximum Gasteiger partial charge on any atom is 0.0766 e. The van der Waals surface area contributed by atoms with Gasteiger partial charge in [-0.3, -0.25) is 4.99 Å². The second-order valence-corrected chi connectivity index (χ2v) is 6.47. The number of thioether (sulfide) groups is 1. The summed E-state index contributed by atoms with van der Waals surface area (Å²) in [6.45, 7) is 0. The third-order valence-electron chi connectivity index (χ3n) is 3.31. The van der Waals surface area contributed by atoms with E-state index in [-0.39, 0.29) is 0 Å². The van der Waals surface area contributed by atoms with Crippen molar-refractivity contribution in [1.29, 1.82) is 0 Å². The van der Waals surface area contributed by atoms with Crippen molar-refractivity contribution < 1.29 is 0 Å². The number of hydrogen-bond donors (Lipinski definition) is 0. The first-order chi connectivity index (χ1) is 10.8. The van der Waals surface area contributed by atoms with Gasteiger partial charge in [0.2, 0.25) is 0 Å². The summed E-state index contributed by atoms with van der Waals surface area (Å²) in [5.74, 6) is 0. The van der Waals surface area contributed by atoms with Crippen LogP contribution in [0.2, 0.25) is 0 Å². The average Bonchev–Trinajstić information content (AvgIpc) is 3.02. The zero-order chi connectivity index (χ0) is 15.4. The van der Waals surface area contributed by atoms with Crippen LogP contribution in [0.15, 0.2) is 81.2 Å². The van der Waals surface area contributed by atoms with E-state index < -0.39 is 0 Å². The van der Waals surface area contributed by atoms with Crippen molar-refractivity contribution in [2.24, 2.45) is 4.99 Å². The fourth-order valence-electron chi connectivity index (χ4n) is 2.21. The predicted octanol–water partition coefficient (Wildman–Crippen LogP) is 5.71. The molecule has 3 aromatic rings. The minimum atomic E-state index is 0.999. The van der Waals surface area contributed by atoms with Crippen molar-refractivity contribution in [1.82, 2.24) is 4.57 Å². The van der Waals surface area contributed by atoms with Crippen LogP contribution in [-0.2, 0) is 0 Å². The van der Waals surface area contributed by atoms with Crippen LogP contribution in [-0.4, -0.2) is 17.0 Å².